The molecule has 0 aliphatic carbocycles. The minimum Gasteiger partial charge on any atom is -0.389 e. The molecule has 3 unspecified atom stereocenters. The number of aliphatic hydroxyl groups is 1. The number of nitrogens with zero attached hydrogens (tertiary/aromatic N) is 4. The Morgan fingerprint density at radius 3 is 2.45 bits per heavy atom. The van der Waals surface area contributed by atoms with Crippen molar-refractivity contribution in [1.82, 2.24) is 19.5 Å². The van der Waals surface area contributed by atoms with Gasteiger partial charge < -0.3 is 35.2 Å². The van der Waals surface area contributed by atoms with Gasteiger partial charge in [-0.05, 0) is 0 Å². The quantitative estimate of drug-likeness (QED) is 0.189. The van der Waals surface area contributed by atoms with Crippen LogP contribution in [-0.2, 0) is 31.6 Å². The number of phosphoric ester groups is 1. The predicted molar refractivity (Wildman–Crippen MR) is 99.1 cm³/mol. The highest BCUT2D eigenvalue weighted by Gasteiger charge is 2.46. The number of alkyl halides is 1. The standard InChI is InChI=1S/C10H15ClN5O12P3/c11-5-7(17)4(1-25-30(21,22)28-31(23,24)27-29(18,19)20)26-10(5)16-3-15-6-8(12)13-2-14-9(6)16/h2-5,7,10,17H,1H2,(H,21,22)(H,23,24)(H2,12,13,14)(H2,18,19,20)/t4-,5+,7?,10-/m1/s1. The highest BCUT2D eigenvalue weighted by atomic mass is 35.5. The van der Waals surface area contributed by atoms with Gasteiger partial charge in [-0.25, -0.2) is 28.6 Å². The minimum absolute atomic E-state index is 0.0811. The van der Waals surface area contributed by atoms with E-state index >= 15 is 0 Å². The lowest BCUT2D eigenvalue weighted by Crippen LogP contribution is -2.30. The SMILES string of the molecule is Nc1ncnc2c1ncn2[C@@H]1O[C@H](COP(=O)(O)OP(=O)(O)OP(=O)(O)O)C(O)[C@@H]1Cl. The number of aliphatic hydroxyl groups excluding tert-OH is 1. The number of nitrogen functional groups attached to an aromatic ring is 1. The molecule has 0 saturated carbocycles. The molecule has 31 heavy (non-hydrogen) atoms. The normalized spacial score (nSPS) is 28.5. The largest absolute Gasteiger partial charge is 0.490 e. The fourth-order valence-electron chi connectivity index (χ4n) is 2.59. The van der Waals surface area contributed by atoms with Gasteiger partial charge in [-0.15, -0.1) is 11.6 Å². The Balaban J connectivity index is 1.69. The summed E-state index contributed by atoms with van der Waals surface area (Å²) in [6.07, 6.45) is -1.44. The van der Waals surface area contributed by atoms with Crippen molar-refractivity contribution < 1.29 is 56.3 Å². The lowest BCUT2D eigenvalue weighted by molar-refractivity contribution is -0.0422. The number of nitrogens with two attached hydrogens (primary N) is 1. The molecule has 6 atom stereocenters. The van der Waals surface area contributed by atoms with Crippen molar-refractivity contribution in [2.45, 2.75) is 23.8 Å². The van der Waals surface area contributed by atoms with Crippen molar-refractivity contribution in [3.63, 3.8) is 0 Å². The zero-order valence-corrected chi connectivity index (χ0v) is 18.3. The average Bonchev–Trinajstić information content (AvgIpc) is 3.13. The van der Waals surface area contributed by atoms with Crippen molar-refractivity contribution in [2.75, 3.05) is 12.3 Å². The third-order valence-corrected chi connectivity index (χ3v) is 8.05. The van der Waals surface area contributed by atoms with Crippen molar-refractivity contribution >= 4 is 52.1 Å². The average molecular weight is 526 g/mol. The van der Waals surface area contributed by atoms with Crippen molar-refractivity contribution in [1.29, 1.82) is 0 Å². The molecule has 0 bridgehead atoms. The van der Waals surface area contributed by atoms with Crippen molar-refractivity contribution in [3.05, 3.63) is 12.7 Å². The van der Waals surface area contributed by atoms with Gasteiger partial charge in [-0.3, -0.25) is 9.09 Å². The number of imidazole rings is 1. The Labute approximate surface area is 177 Å². The summed E-state index contributed by atoms with van der Waals surface area (Å²) in [5.74, 6) is 0.0811. The van der Waals surface area contributed by atoms with E-state index in [2.05, 4.69) is 28.1 Å². The summed E-state index contributed by atoms with van der Waals surface area (Å²) in [6, 6.07) is 0. The van der Waals surface area contributed by atoms with Crippen LogP contribution in [0.4, 0.5) is 5.82 Å². The molecule has 1 fully saturated rings. The van der Waals surface area contributed by atoms with Crippen molar-refractivity contribution in [2.24, 2.45) is 0 Å². The maximum atomic E-state index is 11.8. The number of halogens is 1. The molecule has 2 aromatic heterocycles. The van der Waals surface area contributed by atoms with Crippen LogP contribution in [0.15, 0.2) is 12.7 Å². The second-order valence-corrected chi connectivity index (χ2v) is 10.9. The number of aromatic nitrogens is 4. The van der Waals surface area contributed by atoms with Gasteiger partial charge in [-0.1, -0.05) is 0 Å². The van der Waals surface area contributed by atoms with Gasteiger partial charge in [0.25, 0.3) is 0 Å². The second-order valence-electron chi connectivity index (χ2n) is 5.97. The summed E-state index contributed by atoms with van der Waals surface area (Å²) >= 11 is 6.18. The number of rotatable bonds is 8. The zero-order valence-electron chi connectivity index (χ0n) is 14.9. The summed E-state index contributed by atoms with van der Waals surface area (Å²) < 4.78 is 52.3. The first kappa shape index (κ1) is 24.6. The molecule has 1 aliphatic heterocycles. The molecule has 1 saturated heterocycles. The molecule has 21 heteroatoms. The Morgan fingerprint density at radius 1 is 1.13 bits per heavy atom. The van der Waals surface area contributed by atoms with E-state index in [1.54, 1.807) is 0 Å². The number of hydrogen-bond acceptors (Lipinski definition) is 12. The van der Waals surface area contributed by atoms with Crippen LogP contribution in [0.5, 0.6) is 0 Å². The maximum absolute atomic E-state index is 11.8. The van der Waals surface area contributed by atoms with E-state index < -0.39 is 53.9 Å². The highest BCUT2D eigenvalue weighted by Crippen LogP contribution is 2.66. The number of anilines is 1. The molecule has 1 aliphatic rings. The maximum Gasteiger partial charge on any atom is 0.490 e. The van der Waals surface area contributed by atoms with E-state index in [1.165, 1.54) is 10.9 Å². The Bertz CT molecular complexity index is 1110. The van der Waals surface area contributed by atoms with Crippen LogP contribution in [-0.4, -0.2) is 68.4 Å². The molecule has 0 spiro atoms. The molecular formula is C10H15ClN5O12P3. The Morgan fingerprint density at radius 2 is 1.81 bits per heavy atom. The molecule has 0 radical (unpaired) electrons. The van der Waals surface area contributed by atoms with Gasteiger partial charge in [0.05, 0.1) is 12.9 Å². The topological polar surface area (TPSA) is 259 Å². The summed E-state index contributed by atoms with van der Waals surface area (Å²) in [4.78, 5) is 47.4. The number of ether oxygens (including phenoxy) is 1. The molecule has 3 rings (SSSR count). The van der Waals surface area contributed by atoms with Gasteiger partial charge in [0.2, 0.25) is 0 Å². The highest BCUT2D eigenvalue weighted by molar-refractivity contribution is 7.66. The molecule has 7 N–H and O–H groups in total. The monoisotopic (exact) mass is 525 g/mol. The van der Waals surface area contributed by atoms with E-state index in [0.29, 0.717) is 0 Å². The molecule has 0 amide bonds. The zero-order chi connectivity index (χ0) is 23.2. The van der Waals surface area contributed by atoms with Crippen LogP contribution in [0.2, 0.25) is 0 Å². The van der Waals surface area contributed by atoms with E-state index in [9.17, 15) is 23.7 Å². The third-order valence-electron chi connectivity index (χ3n) is 3.77. The Kier molecular flexibility index (Phi) is 6.93. The van der Waals surface area contributed by atoms with Gasteiger partial charge in [0, 0.05) is 0 Å². The van der Waals surface area contributed by atoms with Gasteiger partial charge >= 0.3 is 23.5 Å². The Hall–Kier alpha value is -1.03. The number of phosphoric acid groups is 3. The number of hydrogen-bond donors (Lipinski definition) is 6. The fourth-order valence-corrected chi connectivity index (χ4v) is 5.97. The molecular weight excluding hydrogens is 511 g/mol. The third kappa shape index (κ3) is 5.86. The molecule has 17 nitrogen and oxygen atoms in total. The summed E-state index contributed by atoms with van der Waals surface area (Å²) in [5, 5.41) is 9.14. The van der Waals surface area contributed by atoms with Crippen LogP contribution in [0.1, 0.15) is 6.23 Å². The van der Waals surface area contributed by atoms with Crippen LogP contribution < -0.4 is 5.73 Å². The smallest absolute Gasteiger partial charge is 0.389 e. The first-order chi connectivity index (χ1) is 14.2. The molecule has 2 aromatic rings. The molecule has 0 aromatic carbocycles. The first-order valence-electron chi connectivity index (χ1n) is 7.88. The van der Waals surface area contributed by atoms with Gasteiger partial charge in [-0.2, -0.15) is 8.62 Å². The van der Waals surface area contributed by atoms with E-state index in [4.69, 9.17) is 36.8 Å². The van der Waals surface area contributed by atoms with Crippen LogP contribution >= 0.6 is 35.1 Å². The molecule has 3 heterocycles. The van der Waals surface area contributed by atoms with E-state index in [1.807, 2.05) is 0 Å². The second kappa shape index (κ2) is 8.72. The summed E-state index contributed by atoms with van der Waals surface area (Å²) in [7, 11) is -16.6. The van der Waals surface area contributed by atoms with Gasteiger partial charge in [0.15, 0.2) is 17.7 Å². The van der Waals surface area contributed by atoms with Crippen LogP contribution in [0.25, 0.3) is 11.2 Å². The fraction of sp³-hybridized carbons (Fsp3) is 0.500. The minimum atomic E-state index is -5.68. The van der Waals surface area contributed by atoms with E-state index in [-0.39, 0.29) is 17.0 Å². The molecule has 174 valence electrons. The summed E-state index contributed by atoms with van der Waals surface area (Å²) in [5.41, 5.74) is 6.16. The lowest BCUT2D eigenvalue weighted by Gasteiger charge is -2.19. The van der Waals surface area contributed by atoms with Crippen LogP contribution in [0.3, 0.4) is 0 Å². The first-order valence-corrected chi connectivity index (χ1v) is 12.8. The van der Waals surface area contributed by atoms with Crippen molar-refractivity contribution in [3.8, 4) is 0 Å². The lowest BCUT2D eigenvalue weighted by atomic mass is 10.2. The number of fused-ring (bicyclic) bond motifs is 1. The summed E-state index contributed by atoms with van der Waals surface area (Å²) in [6.45, 7) is -0.881. The van der Waals surface area contributed by atoms with E-state index in [0.717, 1.165) is 6.33 Å². The van der Waals surface area contributed by atoms with Gasteiger partial charge in [0.1, 0.15) is 29.4 Å². The predicted octanol–water partition coefficient (Wildman–Crippen LogP) is -0.383. The van der Waals surface area contributed by atoms with Crippen LogP contribution in [0, 0.1) is 0 Å².